The van der Waals surface area contributed by atoms with Gasteiger partial charge in [0, 0.05) is 36.6 Å². The van der Waals surface area contributed by atoms with E-state index in [2.05, 4.69) is 30.8 Å². The lowest BCUT2D eigenvalue weighted by molar-refractivity contribution is -0.146. The second-order valence-corrected chi connectivity index (χ2v) is 12.6. The first kappa shape index (κ1) is 38.2. The van der Waals surface area contributed by atoms with E-state index < -0.39 is 80.0 Å². The number of fused-ring (bicyclic) bond motifs is 1. The third kappa shape index (κ3) is 11.5. The van der Waals surface area contributed by atoms with Gasteiger partial charge in [-0.25, -0.2) is 9.36 Å². The summed E-state index contributed by atoms with van der Waals surface area (Å²) in [5.41, 5.74) is 12.0. The highest BCUT2D eigenvalue weighted by atomic mass is 35.5. The number of amides is 7. The predicted molar refractivity (Wildman–Crippen MR) is 172 cm³/mol. The fourth-order valence-corrected chi connectivity index (χ4v) is 5.74. The van der Waals surface area contributed by atoms with Gasteiger partial charge in [-0.05, 0) is 43.7 Å². The Morgan fingerprint density at radius 1 is 1.04 bits per heavy atom. The number of primary amides is 2. The van der Waals surface area contributed by atoms with Crippen molar-refractivity contribution in [1.29, 1.82) is 0 Å². The van der Waals surface area contributed by atoms with Crippen LogP contribution in [-0.4, -0.2) is 105 Å². The van der Waals surface area contributed by atoms with Gasteiger partial charge in [0.15, 0.2) is 0 Å². The molecule has 18 nitrogen and oxygen atoms in total. The third-order valence-corrected chi connectivity index (χ3v) is 8.34. The maximum atomic E-state index is 13.8. The van der Waals surface area contributed by atoms with Gasteiger partial charge in [-0.1, -0.05) is 18.2 Å². The highest BCUT2D eigenvalue weighted by Crippen LogP contribution is 2.36. The molecule has 7 amide bonds. The van der Waals surface area contributed by atoms with E-state index in [-0.39, 0.29) is 38.8 Å². The van der Waals surface area contributed by atoms with E-state index in [1.807, 2.05) is 18.2 Å². The molecule has 2 heterocycles. The van der Waals surface area contributed by atoms with E-state index >= 15 is 0 Å². The van der Waals surface area contributed by atoms with Crippen molar-refractivity contribution in [2.24, 2.45) is 11.5 Å². The van der Waals surface area contributed by atoms with Crippen LogP contribution >= 0.6 is 19.4 Å². The van der Waals surface area contributed by atoms with Crippen LogP contribution in [0.25, 0.3) is 10.9 Å². The van der Waals surface area contributed by atoms with Gasteiger partial charge < -0.3 is 52.4 Å². The predicted octanol–water partition coefficient (Wildman–Crippen LogP) is -1.17. The molecule has 2 aromatic rings. The maximum absolute atomic E-state index is 13.8. The second kappa shape index (κ2) is 17.8. The number of nitrogens with two attached hydrogens (primary N) is 2. The number of benzene rings is 1. The maximum Gasteiger partial charge on any atom is 0.469 e. The minimum Gasteiger partial charge on any atom is -0.368 e. The van der Waals surface area contributed by atoms with Crippen LogP contribution in [0.2, 0.25) is 0 Å². The number of aromatic amines is 1. The van der Waals surface area contributed by atoms with Gasteiger partial charge in [-0.15, -0.1) is 11.6 Å². The summed E-state index contributed by atoms with van der Waals surface area (Å²) in [6.07, 6.45) is 3.15. The van der Waals surface area contributed by atoms with Crippen molar-refractivity contribution in [3.8, 4) is 0 Å². The smallest absolute Gasteiger partial charge is 0.368 e. The molecule has 0 radical (unpaired) electrons. The first-order chi connectivity index (χ1) is 22.7. The number of nitrogens with zero attached hydrogens (tertiary/aromatic N) is 1. The fourth-order valence-electron chi connectivity index (χ4n) is 5.32. The van der Waals surface area contributed by atoms with Crippen molar-refractivity contribution < 1.29 is 47.6 Å². The van der Waals surface area contributed by atoms with Crippen molar-refractivity contribution in [3.63, 3.8) is 0 Å². The number of phosphoric acid groups is 1. The first-order valence-electron chi connectivity index (χ1n) is 15.0. The molecule has 264 valence electrons. The van der Waals surface area contributed by atoms with Gasteiger partial charge in [0.2, 0.25) is 29.5 Å². The number of H-pyrrole nitrogens is 1. The molecule has 1 aliphatic rings. The summed E-state index contributed by atoms with van der Waals surface area (Å²) in [7, 11) is -5.03. The van der Waals surface area contributed by atoms with Gasteiger partial charge >= 0.3 is 13.9 Å². The first-order valence-corrected chi connectivity index (χ1v) is 17.1. The minimum atomic E-state index is -5.03. The van der Waals surface area contributed by atoms with Crippen molar-refractivity contribution in [3.05, 3.63) is 36.0 Å². The molecule has 0 aliphatic carbocycles. The van der Waals surface area contributed by atoms with Crippen LogP contribution in [0, 0.1) is 0 Å². The Kier molecular flexibility index (Phi) is 14.2. The summed E-state index contributed by atoms with van der Waals surface area (Å²) in [6, 6.07) is 1.40. The summed E-state index contributed by atoms with van der Waals surface area (Å²) in [6.45, 7) is -0.713. The Labute approximate surface area is 280 Å². The van der Waals surface area contributed by atoms with Crippen LogP contribution in [0.15, 0.2) is 30.5 Å². The van der Waals surface area contributed by atoms with E-state index in [1.54, 1.807) is 12.3 Å². The van der Waals surface area contributed by atoms with Crippen LogP contribution in [0.1, 0.15) is 37.7 Å². The number of likely N-dealkylation sites (tertiary alicyclic amines) is 1. The fraction of sp³-hybridized carbons (Fsp3) is 0.500. The number of phosphoric ester groups is 1. The monoisotopic (exact) mass is 714 g/mol. The number of piperidine rings is 1. The standard InChI is InChI=1S/C28H40ClN8O10P/c29-13-23(38)34-21(15-47-48(44,45)46)27(42)37-11-4-3-9-22(37)26(41)36-20(12-16-14-33-18-7-2-1-6-17(16)18)25(40)35-19(24(30)39)8-5-10-32-28(31)43/h1-2,6-7,14,19-22,33H,3-5,8-13,15H2,(H2,30,39)(H,34,38)(H,35,40)(H,36,41)(H3,31,32,43)(H2,44,45,46)/t19-,20-,21-,22-/m0/s1. The average Bonchev–Trinajstić information content (AvgIpc) is 3.45. The Morgan fingerprint density at radius 2 is 1.77 bits per heavy atom. The number of para-hydroxylation sites is 1. The molecule has 1 saturated heterocycles. The third-order valence-electron chi connectivity index (χ3n) is 7.61. The molecule has 48 heavy (non-hydrogen) atoms. The van der Waals surface area contributed by atoms with Crippen molar-refractivity contribution in [1.82, 2.24) is 31.2 Å². The lowest BCUT2D eigenvalue weighted by Crippen LogP contribution is -2.61. The van der Waals surface area contributed by atoms with Crippen LogP contribution < -0.4 is 32.7 Å². The molecule has 0 unspecified atom stereocenters. The van der Waals surface area contributed by atoms with Crippen molar-refractivity contribution in [2.45, 2.75) is 62.7 Å². The van der Waals surface area contributed by atoms with E-state index in [0.29, 0.717) is 18.4 Å². The quantitative estimate of drug-likeness (QED) is 0.0537. The number of rotatable bonds is 17. The molecule has 3 rings (SSSR count). The second-order valence-electron chi connectivity index (χ2n) is 11.1. The molecule has 20 heteroatoms. The highest BCUT2D eigenvalue weighted by Gasteiger charge is 2.38. The molecule has 0 spiro atoms. The molecule has 1 fully saturated rings. The van der Waals surface area contributed by atoms with E-state index in [1.165, 1.54) is 0 Å². The van der Waals surface area contributed by atoms with Crippen LogP contribution in [0.5, 0.6) is 0 Å². The summed E-state index contributed by atoms with van der Waals surface area (Å²) < 4.78 is 15.8. The summed E-state index contributed by atoms with van der Waals surface area (Å²) in [5, 5.41) is 10.7. The molecule has 1 aliphatic heterocycles. The molecule has 4 atom stereocenters. The van der Waals surface area contributed by atoms with Crippen LogP contribution in [0.4, 0.5) is 4.79 Å². The van der Waals surface area contributed by atoms with Gasteiger partial charge in [0.05, 0.1) is 6.61 Å². The zero-order chi connectivity index (χ0) is 35.4. The number of carbonyl (C=O) groups excluding carboxylic acids is 6. The van der Waals surface area contributed by atoms with E-state index in [4.69, 9.17) is 32.9 Å². The number of alkyl halides is 1. The Morgan fingerprint density at radius 3 is 2.44 bits per heavy atom. The molecule has 0 bridgehead atoms. The summed E-state index contributed by atoms with van der Waals surface area (Å²) in [5.74, 6) is -4.52. The molecule has 1 aromatic carbocycles. The lowest BCUT2D eigenvalue weighted by Gasteiger charge is -2.37. The van der Waals surface area contributed by atoms with Gasteiger partial charge in [-0.3, -0.25) is 28.5 Å². The Balaban J connectivity index is 1.85. The molecule has 0 saturated carbocycles. The minimum absolute atomic E-state index is 0.0263. The van der Waals surface area contributed by atoms with Crippen LogP contribution in [0.3, 0.4) is 0 Å². The Bertz CT molecular complexity index is 1530. The van der Waals surface area contributed by atoms with Crippen LogP contribution in [-0.2, 0) is 39.5 Å². The topological polar surface area (TPSA) is 288 Å². The SMILES string of the molecule is NC(=O)NCCC[C@H](NC(=O)[C@H](Cc1c[nH]c2ccccc12)NC(=O)[C@@H]1CCCCN1C(=O)[C@H](COP(=O)(O)O)NC(=O)CCl)C(N)=O. The number of halogens is 1. The number of nitrogens with one attached hydrogen (secondary N) is 5. The zero-order valence-electron chi connectivity index (χ0n) is 25.9. The zero-order valence-corrected chi connectivity index (χ0v) is 27.5. The molecule has 11 N–H and O–H groups in total. The number of hydrogen-bond acceptors (Lipinski definition) is 8. The van der Waals surface area contributed by atoms with Gasteiger partial charge in [0.1, 0.15) is 30.0 Å². The highest BCUT2D eigenvalue weighted by molar-refractivity contribution is 7.46. The summed E-state index contributed by atoms with van der Waals surface area (Å²) in [4.78, 5) is 98.9. The summed E-state index contributed by atoms with van der Waals surface area (Å²) >= 11 is 5.55. The van der Waals surface area contributed by atoms with E-state index in [0.717, 1.165) is 15.8 Å². The van der Waals surface area contributed by atoms with Gasteiger partial charge in [-0.2, -0.15) is 0 Å². The lowest BCUT2D eigenvalue weighted by atomic mass is 9.98. The number of aromatic nitrogens is 1. The average molecular weight is 715 g/mol. The van der Waals surface area contributed by atoms with Crippen molar-refractivity contribution >= 4 is 65.9 Å². The number of carbonyl (C=O) groups is 6. The van der Waals surface area contributed by atoms with E-state index in [9.17, 15) is 33.3 Å². The molecular formula is C28H40ClN8O10P. The molecular weight excluding hydrogens is 675 g/mol. The normalized spacial score (nSPS) is 16.7. The van der Waals surface area contributed by atoms with Gasteiger partial charge in [0.25, 0.3) is 0 Å². The number of hydrogen-bond donors (Lipinski definition) is 9. The molecule has 1 aromatic heterocycles. The van der Waals surface area contributed by atoms with Crippen molar-refractivity contribution in [2.75, 3.05) is 25.6 Å². The Hall–Kier alpha value is -4.22. The largest absolute Gasteiger partial charge is 0.469 e. The number of urea groups is 1.